The molecule has 2 atom stereocenters. The van der Waals surface area contributed by atoms with Gasteiger partial charge in [0.25, 0.3) is 0 Å². The molecule has 1 aliphatic heterocycles. The van der Waals surface area contributed by atoms with E-state index in [1.165, 1.54) is 12.1 Å². The Hall–Kier alpha value is -2.66. The van der Waals surface area contributed by atoms with Gasteiger partial charge in [0.1, 0.15) is 23.6 Å². The molecule has 0 fully saturated rings. The average molecular weight is 454 g/mol. The highest BCUT2D eigenvalue weighted by atomic mass is 79.9. The van der Waals surface area contributed by atoms with Gasteiger partial charge in [-0.3, -0.25) is 4.79 Å². The minimum absolute atomic E-state index is 0.126. The number of amides is 1. The molecular weight excluding hydrogens is 433 g/mol. The molecule has 5 heteroatoms. The predicted octanol–water partition coefficient (Wildman–Crippen LogP) is 5.84. The van der Waals surface area contributed by atoms with Gasteiger partial charge in [-0.2, -0.15) is 0 Å². The van der Waals surface area contributed by atoms with Gasteiger partial charge in [-0.15, -0.1) is 0 Å². The minimum Gasteiger partial charge on any atom is -0.484 e. The van der Waals surface area contributed by atoms with Crippen molar-refractivity contribution in [3.8, 4) is 16.9 Å². The number of halogens is 2. The molecule has 0 spiro atoms. The van der Waals surface area contributed by atoms with E-state index >= 15 is 0 Å². The van der Waals surface area contributed by atoms with E-state index in [1.807, 2.05) is 18.2 Å². The molecule has 148 valence electrons. The lowest BCUT2D eigenvalue weighted by molar-refractivity contribution is -0.123. The molecule has 0 saturated carbocycles. The smallest absolute Gasteiger partial charge is 0.231 e. The van der Waals surface area contributed by atoms with Crippen molar-refractivity contribution in [2.75, 3.05) is 7.05 Å². The third-order valence-corrected chi connectivity index (χ3v) is 6.30. The molecule has 1 heterocycles. The number of ether oxygens (including phenoxy) is 1. The Kier molecular flexibility index (Phi) is 5.17. The van der Waals surface area contributed by atoms with Gasteiger partial charge in [0, 0.05) is 17.1 Å². The van der Waals surface area contributed by atoms with E-state index in [9.17, 15) is 9.18 Å². The summed E-state index contributed by atoms with van der Waals surface area (Å²) in [5.74, 6) is -0.261. The van der Waals surface area contributed by atoms with Crippen LogP contribution in [0.5, 0.6) is 5.75 Å². The summed E-state index contributed by atoms with van der Waals surface area (Å²) in [4.78, 5) is 12.8. The fourth-order valence-corrected chi connectivity index (χ4v) is 4.33. The molecule has 3 aromatic rings. The van der Waals surface area contributed by atoms with Crippen LogP contribution in [-0.2, 0) is 4.79 Å². The van der Waals surface area contributed by atoms with Gasteiger partial charge in [0.15, 0.2) is 0 Å². The first-order valence-electron chi connectivity index (χ1n) is 9.44. The number of hydrogen-bond acceptors (Lipinski definition) is 2. The zero-order valence-electron chi connectivity index (χ0n) is 16.4. The van der Waals surface area contributed by atoms with Gasteiger partial charge in [-0.05, 0) is 72.0 Å². The largest absolute Gasteiger partial charge is 0.484 e. The molecule has 0 aliphatic carbocycles. The number of benzene rings is 3. The predicted molar refractivity (Wildman–Crippen MR) is 116 cm³/mol. The fourth-order valence-electron chi connectivity index (χ4n) is 3.87. The van der Waals surface area contributed by atoms with E-state index in [2.05, 4.69) is 47.2 Å². The van der Waals surface area contributed by atoms with Crippen LogP contribution >= 0.6 is 15.9 Å². The first kappa shape index (κ1) is 19.6. The summed E-state index contributed by atoms with van der Waals surface area (Å²) in [7, 11) is 1.62. The molecule has 3 nitrogen and oxygen atoms in total. The van der Waals surface area contributed by atoms with Gasteiger partial charge in [0.2, 0.25) is 5.91 Å². The van der Waals surface area contributed by atoms with Crippen LogP contribution in [0.15, 0.2) is 59.1 Å². The lowest BCUT2D eigenvalue weighted by Crippen LogP contribution is -2.28. The lowest BCUT2D eigenvalue weighted by Gasteiger charge is -2.18. The van der Waals surface area contributed by atoms with Crippen molar-refractivity contribution in [3.05, 3.63) is 87.1 Å². The van der Waals surface area contributed by atoms with E-state index < -0.39 is 12.0 Å². The van der Waals surface area contributed by atoms with Crippen LogP contribution in [0.1, 0.15) is 34.3 Å². The summed E-state index contributed by atoms with van der Waals surface area (Å²) in [6, 6.07) is 16.3. The number of fused-ring (bicyclic) bond motifs is 1. The van der Waals surface area contributed by atoms with Crippen LogP contribution in [0.25, 0.3) is 11.1 Å². The standard InChI is InChI=1S/C24H21BrFNO2/c1-13-11-20(25)14(2)10-18(13)16-6-9-21-19(12-16)22(24(28)27-3)23(29-21)15-4-7-17(26)8-5-15/h4-12,22-23H,1-3H3,(H,27,28). The summed E-state index contributed by atoms with van der Waals surface area (Å²) in [5.41, 5.74) is 6.07. The summed E-state index contributed by atoms with van der Waals surface area (Å²) >= 11 is 3.58. The second kappa shape index (κ2) is 7.64. The highest BCUT2D eigenvalue weighted by Gasteiger charge is 2.40. The van der Waals surface area contributed by atoms with E-state index in [-0.39, 0.29) is 11.7 Å². The van der Waals surface area contributed by atoms with Crippen molar-refractivity contribution >= 4 is 21.8 Å². The maximum atomic E-state index is 13.4. The van der Waals surface area contributed by atoms with E-state index in [4.69, 9.17) is 4.74 Å². The second-order valence-corrected chi connectivity index (χ2v) is 8.21. The molecule has 1 aliphatic rings. The van der Waals surface area contributed by atoms with Crippen molar-refractivity contribution < 1.29 is 13.9 Å². The molecule has 2 unspecified atom stereocenters. The zero-order chi connectivity index (χ0) is 20.7. The summed E-state index contributed by atoms with van der Waals surface area (Å²) in [5, 5.41) is 2.75. The maximum Gasteiger partial charge on any atom is 0.231 e. The van der Waals surface area contributed by atoms with Crippen molar-refractivity contribution in [1.29, 1.82) is 0 Å². The van der Waals surface area contributed by atoms with Crippen molar-refractivity contribution in [2.45, 2.75) is 25.9 Å². The van der Waals surface area contributed by atoms with Crippen LogP contribution in [0.4, 0.5) is 4.39 Å². The Bertz CT molecular complexity index is 1090. The monoisotopic (exact) mass is 453 g/mol. The minimum atomic E-state index is -0.503. The van der Waals surface area contributed by atoms with Crippen LogP contribution in [-0.4, -0.2) is 13.0 Å². The van der Waals surface area contributed by atoms with Crippen LogP contribution in [0, 0.1) is 19.7 Å². The number of aryl methyl sites for hydroxylation is 2. The fraction of sp³-hybridized carbons (Fsp3) is 0.208. The van der Waals surface area contributed by atoms with Gasteiger partial charge in [-0.1, -0.05) is 40.2 Å². The summed E-state index contributed by atoms with van der Waals surface area (Å²) in [6.45, 7) is 4.13. The van der Waals surface area contributed by atoms with Crippen molar-refractivity contribution in [3.63, 3.8) is 0 Å². The third-order valence-electron chi connectivity index (χ3n) is 5.45. The SMILES string of the molecule is CNC(=O)C1c2cc(-c3cc(C)c(Br)cc3C)ccc2OC1c1ccc(F)cc1. The molecule has 3 aromatic carbocycles. The molecule has 1 N–H and O–H groups in total. The quantitative estimate of drug-likeness (QED) is 0.541. The van der Waals surface area contributed by atoms with E-state index in [1.54, 1.807) is 19.2 Å². The van der Waals surface area contributed by atoms with Gasteiger partial charge >= 0.3 is 0 Å². The highest BCUT2D eigenvalue weighted by molar-refractivity contribution is 9.10. The number of rotatable bonds is 3. The van der Waals surface area contributed by atoms with Gasteiger partial charge in [-0.25, -0.2) is 4.39 Å². The van der Waals surface area contributed by atoms with Gasteiger partial charge < -0.3 is 10.1 Å². The first-order chi connectivity index (χ1) is 13.9. The molecular formula is C24H21BrFNO2. The number of hydrogen-bond donors (Lipinski definition) is 1. The Morgan fingerprint density at radius 1 is 1.03 bits per heavy atom. The molecule has 0 saturated heterocycles. The number of likely N-dealkylation sites (N-methyl/N-ethyl adjacent to an activating group) is 1. The van der Waals surface area contributed by atoms with Crippen LogP contribution < -0.4 is 10.1 Å². The Morgan fingerprint density at radius 2 is 1.76 bits per heavy atom. The number of nitrogens with one attached hydrogen (secondary N) is 1. The third kappa shape index (κ3) is 3.55. The topological polar surface area (TPSA) is 38.3 Å². The Balaban J connectivity index is 1.80. The molecule has 0 radical (unpaired) electrons. The van der Waals surface area contributed by atoms with Crippen LogP contribution in [0.3, 0.4) is 0 Å². The molecule has 1 amide bonds. The van der Waals surface area contributed by atoms with Gasteiger partial charge in [0.05, 0.1) is 0 Å². The summed E-state index contributed by atoms with van der Waals surface area (Å²) < 4.78 is 20.6. The van der Waals surface area contributed by atoms with Crippen molar-refractivity contribution in [1.82, 2.24) is 5.32 Å². The molecule has 29 heavy (non-hydrogen) atoms. The Morgan fingerprint density at radius 3 is 2.45 bits per heavy atom. The van der Waals surface area contributed by atoms with Crippen LogP contribution in [0.2, 0.25) is 0 Å². The van der Waals surface area contributed by atoms with E-state index in [0.29, 0.717) is 5.75 Å². The average Bonchev–Trinajstić information content (AvgIpc) is 3.09. The lowest BCUT2D eigenvalue weighted by atomic mass is 9.88. The zero-order valence-corrected chi connectivity index (χ0v) is 18.0. The molecule has 0 bridgehead atoms. The maximum absolute atomic E-state index is 13.4. The van der Waals surface area contributed by atoms with E-state index in [0.717, 1.165) is 37.9 Å². The first-order valence-corrected chi connectivity index (χ1v) is 10.2. The Labute approximate surface area is 178 Å². The highest BCUT2D eigenvalue weighted by Crippen LogP contribution is 2.47. The normalized spacial score (nSPS) is 17.6. The molecule has 4 rings (SSSR count). The molecule has 0 aromatic heterocycles. The number of carbonyl (C=O) groups excluding carboxylic acids is 1. The number of carbonyl (C=O) groups is 1. The summed E-state index contributed by atoms with van der Waals surface area (Å²) in [6.07, 6.45) is -0.492. The van der Waals surface area contributed by atoms with Crippen molar-refractivity contribution in [2.24, 2.45) is 0 Å². The second-order valence-electron chi connectivity index (χ2n) is 7.35.